The van der Waals surface area contributed by atoms with Crippen LogP contribution in [0, 0.1) is 5.92 Å². The molecule has 2 aromatic carbocycles. The topological polar surface area (TPSA) is 80.3 Å². The zero-order valence-electron chi connectivity index (χ0n) is 21.3. The van der Waals surface area contributed by atoms with Gasteiger partial charge in [-0.05, 0) is 56.4 Å². The van der Waals surface area contributed by atoms with Crippen molar-refractivity contribution in [1.29, 1.82) is 0 Å². The van der Waals surface area contributed by atoms with Crippen LogP contribution >= 0.6 is 0 Å². The quantitative estimate of drug-likeness (QED) is 0.440. The number of nitrogens with zero attached hydrogens (tertiary/aromatic N) is 1. The first-order chi connectivity index (χ1) is 16.1. The molecule has 0 aromatic heterocycles. The van der Waals surface area contributed by atoms with Crippen molar-refractivity contribution in [2.45, 2.75) is 65.3 Å². The lowest BCUT2D eigenvalue weighted by Gasteiger charge is -2.31. The smallest absolute Gasteiger partial charge is 0.407 e. The monoisotopic (exact) mass is 472 g/mol. The lowest BCUT2D eigenvalue weighted by atomic mass is 10.0. The molecule has 0 bridgehead atoms. The van der Waals surface area contributed by atoms with Gasteiger partial charge in [-0.1, -0.05) is 56.3 Å². The Bertz CT molecular complexity index is 850. The van der Waals surface area contributed by atoms with Crippen LogP contribution in [0.5, 0.6) is 5.75 Å². The van der Waals surface area contributed by atoms with Crippen molar-refractivity contribution in [1.82, 2.24) is 10.4 Å². The minimum atomic E-state index is -0.891. The van der Waals surface area contributed by atoms with Crippen LogP contribution in [0.4, 0.5) is 4.79 Å². The van der Waals surface area contributed by atoms with E-state index < -0.39 is 23.8 Å². The number of nitrogens with one attached hydrogen (secondary N) is 1. The Kier molecular flexibility index (Phi) is 10.8. The summed E-state index contributed by atoms with van der Waals surface area (Å²) < 4.78 is 10.7. The summed E-state index contributed by atoms with van der Waals surface area (Å²) in [6.45, 7) is 10.8. The Morgan fingerprint density at radius 3 is 2.24 bits per heavy atom. The minimum Gasteiger partial charge on any atom is -0.497 e. The van der Waals surface area contributed by atoms with Gasteiger partial charge in [0.05, 0.1) is 32.4 Å². The third kappa shape index (κ3) is 10.5. The minimum absolute atomic E-state index is 0.214. The number of rotatable bonds is 12. The van der Waals surface area contributed by atoms with E-state index in [0.717, 1.165) is 16.9 Å². The van der Waals surface area contributed by atoms with Gasteiger partial charge in [0.25, 0.3) is 0 Å². The maximum absolute atomic E-state index is 12.5. The molecule has 7 nitrogen and oxygen atoms in total. The SMILES string of the molecule is COc1ccc(CN(CC(O)C(Cc2ccccc2)NC(=O)OC(C)(C)C)OCC(C)C)cc1. The molecule has 2 unspecified atom stereocenters. The summed E-state index contributed by atoms with van der Waals surface area (Å²) in [6, 6.07) is 16.9. The number of methoxy groups -OCH3 is 1. The molecule has 0 spiro atoms. The average Bonchev–Trinajstić information content (AvgIpc) is 2.77. The van der Waals surface area contributed by atoms with E-state index in [0.29, 0.717) is 25.5 Å². The number of ether oxygens (including phenoxy) is 2. The molecule has 0 aliphatic rings. The van der Waals surface area contributed by atoms with Gasteiger partial charge in [0.2, 0.25) is 0 Å². The summed E-state index contributed by atoms with van der Waals surface area (Å²) in [5.41, 5.74) is 1.40. The molecule has 0 radical (unpaired) electrons. The van der Waals surface area contributed by atoms with Crippen LogP contribution in [-0.2, 0) is 22.5 Å². The maximum atomic E-state index is 12.5. The first kappa shape index (κ1) is 27.6. The molecule has 0 fully saturated rings. The Balaban J connectivity index is 2.15. The number of hydrogen-bond donors (Lipinski definition) is 2. The van der Waals surface area contributed by atoms with Gasteiger partial charge in [-0.15, -0.1) is 0 Å². The highest BCUT2D eigenvalue weighted by Gasteiger charge is 2.27. The Morgan fingerprint density at radius 1 is 1.03 bits per heavy atom. The van der Waals surface area contributed by atoms with E-state index >= 15 is 0 Å². The summed E-state index contributed by atoms with van der Waals surface area (Å²) >= 11 is 0. The highest BCUT2D eigenvalue weighted by atomic mass is 16.7. The predicted octanol–water partition coefficient (Wildman–Crippen LogP) is 4.58. The van der Waals surface area contributed by atoms with Gasteiger partial charge < -0.3 is 19.9 Å². The molecule has 2 aromatic rings. The fraction of sp³-hybridized carbons (Fsp3) is 0.519. The normalized spacial score (nSPS) is 13.6. The van der Waals surface area contributed by atoms with Gasteiger partial charge in [0, 0.05) is 6.54 Å². The van der Waals surface area contributed by atoms with Crippen LogP contribution in [0.3, 0.4) is 0 Å². The first-order valence-corrected chi connectivity index (χ1v) is 11.8. The van der Waals surface area contributed by atoms with Crippen LogP contribution in [0.2, 0.25) is 0 Å². The van der Waals surface area contributed by atoms with Gasteiger partial charge in [0.15, 0.2) is 0 Å². The molecule has 1 amide bonds. The largest absolute Gasteiger partial charge is 0.497 e. The second-order valence-electron chi connectivity index (χ2n) is 9.87. The number of benzene rings is 2. The standard InChI is InChI=1S/C27H40N2O5/c1-20(2)19-33-29(17-22-12-14-23(32-6)15-13-22)18-25(30)24(16-21-10-8-7-9-11-21)28-26(31)34-27(3,4)5/h7-15,20,24-25,30H,16-19H2,1-6H3,(H,28,31). The van der Waals surface area contributed by atoms with E-state index in [9.17, 15) is 9.90 Å². The molecule has 0 aliphatic heterocycles. The molecule has 0 heterocycles. The van der Waals surface area contributed by atoms with Crippen molar-refractivity contribution < 1.29 is 24.2 Å². The first-order valence-electron chi connectivity index (χ1n) is 11.8. The molecular weight excluding hydrogens is 432 g/mol. The molecule has 188 valence electrons. The van der Waals surface area contributed by atoms with E-state index in [2.05, 4.69) is 19.2 Å². The fourth-order valence-corrected chi connectivity index (χ4v) is 3.30. The van der Waals surface area contributed by atoms with Gasteiger partial charge in [-0.25, -0.2) is 4.79 Å². The lowest BCUT2D eigenvalue weighted by Crippen LogP contribution is -2.50. The maximum Gasteiger partial charge on any atom is 0.407 e. The Morgan fingerprint density at radius 2 is 1.68 bits per heavy atom. The number of carbonyl (C=O) groups is 1. The van der Waals surface area contributed by atoms with Gasteiger partial charge in [-0.3, -0.25) is 4.84 Å². The molecule has 34 heavy (non-hydrogen) atoms. The summed E-state index contributed by atoms with van der Waals surface area (Å²) in [5.74, 6) is 1.11. The van der Waals surface area contributed by atoms with Crippen LogP contribution in [0.1, 0.15) is 45.7 Å². The van der Waals surface area contributed by atoms with Gasteiger partial charge in [0.1, 0.15) is 11.4 Å². The molecular formula is C27H40N2O5. The summed E-state index contributed by atoms with van der Waals surface area (Å²) in [4.78, 5) is 18.5. The number of hydrogen-bond acceptors (Lipinski definition) is 6. The van der Waals surface area contributed by atoms with Gasteiger partial charge in [-0.2, -0.15) is 5.06 Å². The Hall–Kier alpha value is -2.61. The van der Waals surface area contributed by atoms with Crippen molar-refractivity contribution >= 4 is 6.09 Å². The molecule has 0 saturated heterocycles. The van der Waals surface area contributed by atoms with Crippen molar-refractivity contribution in [2.24, 2.45) is 5.92 Å². The average molecular weight is 473 g/mol. The third-order valence-electron chi connectivity index (χ3n) is 4.96. The number of alkyl carbamates (subject to hydrolysis) is 1. The molecule has 7 heteroatoms. The lowest BCUT2D eigenvalue weighted by molar-refractivity contribution is -0.189. The van der Waals surface area contributed by atoms with Crippen molar-refractivity contribution in [3.8, 4) is 5.75 Å². The van der Waals surface area contributed by atoms with Crippen LogP contribution in [-0.4, -0.2) is 54.3 Å². The van der Waals surface area contributed by atoms with Crippen LogP contribution < -0.4 is 10.1 Å². The van der Waals surface area contributed by atoms with E-state index in [4.69, 9.17) is 14.3 Å². The van der Waals surface area contributed by atoms with Crippen LogP contribution in [0.15, 0.2) is 54.6 Å². The Labute approximate surface area is 204 Å². The van der Waals surface area contributed by atoms with Crippen molar-refractivity contribution in [3.05, 3.63) is 65.7 Å². The molecule has 2 N–H and O–H groups in total. The number of aliphatic hydroxyl groups is 1. The van der Waals surface area contributed by atoms with Crippen molar-refractivity contribution in [3.63, 3.8) is 0 Å². The van der Waals surface area contributed by atoms with E-state index in [-0.39, 0.29) is 6.54 Å². The summed E-state index contributed by atoms with van der Waals surface area (Å²) in [6.07, 6.45) is -0.989. The van der Waals surface area contributed by atoms with E-state index in [1.807, 2.05) is 75.4 Å². The summed E-state index contributed by atoms with van der Waals surface area (Å²) in [7, 11) is 1.63. The summed E-state index contributed by atoms with van der Waals surface area (Å²) in [5, 5.41) is 15.8. The van der Waals surface area contributed by atoms with E-state index in [1.54, 1.807) is 12.2 Å². The zero-order valence-corrected chi connectivity index (χ0v) is 21.3. The highest BCUT2D eigenvalue weighted by molar-refractivity contribution is 5.68. The number of aliphatic hydroxyl groups excluding tert-OH is 1. The van der Waals surface area contributed by atoms with Crippen molar-refractivity contribution in [2.75, 3.05) is 20.3 Å². The van der Waals surface area contributed by atoms with Crippen LogP contribution in [0.25, 0.3) is 0 Å². The number of hydroxylamine groups is 2. The second-order valence-corrected chi connectivity index (χ2v) is 9.87. The molecule has 0 saturated carbocycles. The predicted molar refractivity (Wildman–Crippen MR) is 134 cm³/mol. The van der Waals surface area contributed by atoms with Gasteiger partial charge >= 0.3 is 6.09 Å². The molecule has 2 rings (SSSR count). The third-order valence-corrected chi connectivity index (χ3v) is 4.96. The fourth-order valence-electron chi connectivity index (χ4n) is 3.30. The highest BCUT2D eigenvalue weighted by Crippen LogP contribution is 2.16. The molecule has 2 atom stereocenters. The molecule has 0 aliphatic carbocycles. The second kappa shape index (κ2) is 13.3. The number of amides is 1. The zero-order chi connectivity index (χ0) is 25.1. The van der Waals surface area contributed by atoms with E-state index in [1.165, 1.54) is 0 Å². The number of carbonyl (C=O) groups excluding carboxylic acids is 1.